The van der Waals surface area contributed by atoms with E-state index in [4.69, 9.17) is 0 Å². The van der Waals surface area contributed by atoms with Crippen LogP contribution in [0.5, 0.6) is 0 Å². The van der Waals surface area contributed by atoms with Crippen molar-refractivity contribution in [2.45, 2.75) is 38.1 Å². The molecule has 2 rings (SSSR count). The van der Waals surface area contributed by atoms with Crippen LogP contribution >= 0.6 is 0 Å². The van der Waals surface area contributed by atoms with E-state index in [0.717, 1.165) is 23.9 Å². The van der Waals surface area contributed by atoms with Crippen molar-refractivity contribution in [3.8, 4) is 0 Å². The molecule has 1 aliphatic heterocycles. The Morgan fingerprint density at radius 3 is 2.59 bits per heavy atom. The number of benzene rings is 1. The summed E-state index contributed by atoms with van der Waals surface area (Å²) in [6, 6.07) is 7.97. The number of fused-ring (bicyclic) bond motifs is 1. The first-order chi connectivity index (χ1) is 10.3. The molecule has 5 nitrogen and oxygen atoms in total. The summed E-state index contributed by atoms with van der Waals surface area (Å²) in [5, 5.41) is -1.00. The fourth-order valence-corrected chi connectivity index (χ4v) is 3.37. The lowest BCUT2D eigenvalue weighted by molar-refractivity contribution is -0.133. The van der Waals surface area contributed by atoms with Crippen LogP contribution in [0.1, 0.15) is 25.8 Å². The number of sulfone groups is 1. The minimum atomic E-state index is -3.39. The number of para-hydroxylation sites is 1. The van der Waals surface area contributed by atoms with Crippen molar-refractivity contribution in [3.05, 3.63) is 29.8 Å². The zero-order chi connectivity index (χ0) is 16.5. The van der Waals surface area contributed by atoms with Crippen LogP contribution < -0.4 is 4.90 Å². The third-order valence-electron chi connectivity index (χ3n) is 4.41. The fourth-order valence-electron chi connectivity index (χ4n) is 2.87. The van der Waals surface area contributed by atoms with E-state index in [9.17, 15) is 13.2 Å². The second kappa shape index (κ2) is 6.28. The highest BCUT2D eigenvalue weighted by atomic mass is 32.2. The minimum absolute atomic E-state index is 0.00843. The number of carbonyl (C=O) groups excluding carboxylic acids is 1. The molecular weight excluding hydrogens is 300 g/mol. The molecule has 122 valence electrons. The maximum atomic E-state index is 12.7. The largest absolute Gasteiger partial charge is 0.372 e. The molecule has 1 amide bonds. The first kappa shape index (κ1) is 16.8. The number of amides is 1. The maximum absolute atomic E-state index is 12.7. The summed E-state index contributed by atoms with van der Waals surface area (Å²) in [6.07, 6.45) is 1.91. The molecule has 0 fully saturated rings. The summed E-state index contributed by atoms with van der Waals surface area (Å²) in [7, 11) is -1.38. The summed E-state index contributed by atoms with van der Waals surface area (Å²) in [6.45, 7) is 4.66. The molecule has 6 heteroatoms. The molecule has 22 heavy (non-hydrogen) atoms. The van der Waals surface area contributed by atoms with E-state index >= 15 is 0 Å². The lowest BCUT2D eigenvalue weighted by Crippen LogP contribution is -2.48. The number of hydrogen-bond acceptors (Lipinski definition) is 4. The second-order valence-corrected chi connectivity index (χ2v) is 8.38. The number of nitrogens with zero attached hydrogens (tertiary/aromatic N) is 2. The minimum Gasteiger partial charge on any atom is -0.372 e. The van der Waals surface area contributed by atoms with Gasteiger partial charge in [-0.3, -0.25) is 4.79 Å². The summed E-state index contributed by atoms with van der Waals surface area (Å²) in [4.78, 5) is 16.6. The smallest absolute Gasteiger partial charge is 0.241 e. The van der Waals surface area contributed by atoms with Crippen LogP contribution in [-0.4, -0.2) is 50.4 Å². The van der Waals surface area contributed by atoms with Gasteiger partial charge >= 0.3 is 0 Å². The molecule has 1 heterocycles. The van der Waals surface area contributed by atoms with Gasteiger partial charge in [-0.15, -0.1) is 0 Å². The summed E-state index contributed by atoms with van der Waals surface area (Å²) >= 11 is 0. The highest BCUT2D eigenvalue weighted by Crippen LogP contribution is 2.27. The maximum Gasteiger partial charge on any atom is 0.241 e. The predicted molar refractivity (Wildman–Crippen MR) is 88.6 cm³/mol. The van der Waals surface area contributed by atoms with Crippen molar-refractivity contribution in [3.63, 3.8) is 0 Å². The van der Waals surface area contributed by atoms with E-state index in [1.807, 2.05) is 38.2 Å². The lowest BCUT2D eigenvalue weighted by Gasteiger charge is -2.32. The quantitative estimate of drug-likeness (QED) is 0.849. The zero-order valence-corrected chi connectivity index (χ0v) is 14.4. The Balaban J connectivity index is 2.39. The van der Waals surface area contributed by atoms with Crippen LogP contribution in [0.4, 0.5) is 5.69 Å². The lowest BCUT2D eigenvalue weighted by atomic mass is 10.1. The zero-order valence-electron chi connectivity index (χ0n) is 13.6. The molecule has 0 aromatic heterocycles. The van der Waals surface area contributed by atoms with Crippen LogP contribution in [0.25, 0.3) is 0 Å². The molecule has 0 spiro atoms. The monoisotopic (exact) mass is 324 g/mol. The van der Waals surface area contributed by atoms with Gasteiger partial charge in [-0.25, -0.2) is 8.42 Å². The number of likely N-dealkylation sites (N-methyl/N-ethyl adjacent to an activating group) is 1. The first-order valence-corrected chi connectivity index (χ1v) is 9.49. The van der Waals surface area contributed by atoms with E-state index in [-0.39, 0.29) is 11.9 Å². The summed E-state index contributed by atoms with van der Waals surface area (Å²) < 4.78 is 23.5. The number of carbonyl (C=O) groups is 1. The van der Waals surface area contributed by atoms with Crippen LogP contribution in [-0.2, 0) is 21.2 Å². The third-order valence-corrected chi connectivity index (χ3v) is 5.90. The molecule has 0 saturated heterocycles. The standard InChI is InChI=1S/C16H24N2O3S/c1-5-14-11-17(3)15-9-7-6-8-13(15)10-18(14)16(19)12(2)22(4,20)21/h6-9,12,14H,5,10-11H2,1-4H3. The molecular formula is C16H24N2O3S. The molecule has 0 aliphatic carbocycles. The Morgan fingerprint density at radius 1 is 1.36 bits per heavy atom. The van der Waals surface area contributed by atoms with Gasteiger partial charge in [-0.05, 0) is 25.0 Å². The molecule has 1 aromatic rings. The highest BCUT2D eigenvalue weighted by molar-refractivity contribution is 7.92. The van der Waals surface area contributed by atoms with Gasteiger partial charge in [0.05, 0.1) is 0 Å². The van der Waals surface area contributed by atoms with Gasteiger partial charge in [0.25, 0.3) is 0 Å². The molecule has 1 aliphatic rings. The van der Waals surface area contributed by atoms with Crippen molar-refractivity contribution in [2.75, 3.05) is 24.7 Å². The van der Waals surface area contributed by atoms with Crippen LogP contribution in [0.2, 0.25) is 0 Å². The highest BCUT2D eigenvalue weighted by Gasteiger charge is 2.34. The average Bonchev–Trinajstić information content (AvgIpc) is 2.62. The van der Waals surface area contributed by atoms with E-state index < -0.39 is 15.1 Å². The van der Waals surface area contributed by atoms with Crippen LogP contribution in [0, 0.1) is 0 Å². The Bertz CT molecular complexity index is 657. The number of hydrogen-bond donors (Lipinski definition) is 0. The molecule has 0 radical (unpaired) electrons. The molecule has 0 saturated carbocycles. The Hall–Kier alpha value is -1.56. The van der Waals surface area contributed by atoms with Crippen LogP contribution in [0.3, 0.4) is 0 Å². The molecule has 0 bridgehead atoms. The molecule has 1 aromatic carbocycles. The van der Waals surface area contributed by atoms with Crippen molar-refractivity contribution in [2.24, 2.45) is 0 Å². The fraction of sp³-hybridized carbons (Fsp3) is 0.562. The first-order valence-electron chi connectivity index (χ1n) is 7.54. The molecule has 2 unspecified atom stereocenters. The summed E-state index contributed by atoms with van der Waals surface area (Å²) in [5.74, 6) is -0.306. The van der Waals surface area contributed by atoms with Gasteiger partial charge in [0.15, 0.2) is 9.84 Å². The van der Waals surface area contributed by atoms with Crippen molar-refractivity contribution < 1.29 is 13.2 Å². The van der Waals surface area contributed by atoms with Crippen molar-refractivity contribution in [1.29, 1.82) is 0 Å². The number of rotatable bonds is 3. The molecule has 2 atom stereocenters. The van der Waals surface area contributed by atoms with Gasteiger partial charge in [0.1, 0.15) is 5.25 Å². The Kier molecular flexibility index (Phi) is 4.80. The molecule has 0 N–H and O–H groups in total. The van der Waals surface area contributed by atoms with Gasteiger partial charge in [-0.1, -0.05) is 25.1 Å². The SMILES string of the molecule is CCC1CN(C)c2ccccc2CN1C(=O)C(C)S(C)(=O)=O. The van der Waals surface area contributed by atoms with Crippen LogP contribution in [0.15, 0.2) is 24.3 Å². The topological polar surface area (TPSA) is 57.7 Å². The Labute approximate surface area is 132 Å². The van der Waals surface area contributed by atoms with Gasteiger partial charge in [-0.2, -0.15) is 0 Å². The van der Waals surface area contributed by atoms with E-state index in [1.54, 1.807) is 4.90 Å². The number of anilines is 1. The van der Waals surface area contributed by atoms with E-state index in [2.05, 4.69) is 4.90 Å². The van der Waals surface area contributed by atoms with Gasteiger partial charge in [0, 0.05) is 38.1 Å². The average molecular weight is 324 g/mol. The van der Waals surface area contributed by atoms with Crippen molar-refractivity contribution in [1.82, 2.24) is 4.90 Å². The Morgan fingerprint density at radius 2 is 2.00 bits per heavy atom. The normalized spacial score (nSPS) is 20.3. The van der Waals surface area contributed by atoms with Gasteiger partial charge < -0.3 is 9.80 Å². The summed E-state index contributed by atoms with van der Waals surface area (Å²) in [5.41, 5.74) is 2.15. The van der Waals surface area contributed by atoms with E-state index in [0.29, 0.717) is 13.1 Å². The third kappa shape index (κ3) is 3.27. The van der Waals surface area contributed by atoms with E-state index in [1.165, 1.54) is 6.92 Å². The van der Waals surface area contributed by atoms with Crippen molar-refractivity contribution >= 4 is 21.4 Å². The second-order valence-electron chi connectivity index (χ2n) is 6.01. The van der Waals surface area contributed by atoms with Gasteiger partial charge in [0.2, 0.25) is 5.91 Å². The predicted octanol–water partition coefficient (Wildman–Crippen LogP) is 1.68.